The molecule has 0 bridgehead atoms. The highest BCUT2D eigenvalue weighted by atomic mass is 35.5. The van der Waals surface area contributed by atoms with Gasteiger partial charge in [0.1, 0.15) is 0 Å². The minimum absolute atomic E-state index is 0.00417. The minimum Gasteiger partial charge on any atom is -0.377 e. The van der Waals surface area contributed by atoms with Crippen molar-refractivity contribution < 1.29 is 4.79 Å². The first-order valence-electron chi connectivity index (χ1n) is 8.34. The van der Waals surface area contributed by atoms with E-state index in [1.165, 1.54) is 0 Å². The van der Waals surface area contributed by atoms with E-state index in [4.69, 9.17) is 23.2 Å². The molecule has 0 spiro atoms. The molecule has 4 rings (SSSR count). The lowest BCUT2D eigenvalue weighted by Gasteiger charge is -2.38. The Bertz CT molecular complexity index is 878. The summed E-state index contributed by atoms with van der Waals surface area (Å²) >= 11 is 12.7. The molecule has 2 aromatic carbocycles. The molecular weight excluding hydrogens is 355 g/mol. The van der Waals surface area contributed by atoms with Crippen molar-refractivity contribution in [2.24, 2.45) is 5.92 Å². The highest BCUT2D eigenvalue weighted by molar-refractivity contribution is 6.42. The van der Waals surface area contributed by atoms with Gasteiger partial charge >= 0.3 is 0 Å². The molecule has 128 valence electrons. The van der Waals surface area contributed by atoms with Gasteiger partial charge in [0.2, 0.25) is 0 Å². The Morgan fingerprint density at radius 2 is 1.92 bits per heavy atom. The number of rotatable bonds is 2. The number of para-hydroxylation sites is 1. The van der Waals surface area contributed by atoms with Gasteiger partial charge in [-0.2, -0.15) is 0 Å². The van der Waals surface area contributed by atoms with Gasteiger partial charge in [0, 0.05) is 13.0 Å². The zero-order chi connectivity index (χ0) is 17.6. The Kier molecular flexibility index (Phi) is 4.22. The van der Waals surface area contributed by atoms with E-state index in [0.29, 0.717) is 21.5 Å². The molecule has 0 aromatic heterocycles. The van der Waals surface area contributed by atoms with Gasteiger partial charge in [-0.15, -0.1) is 0 Å². The molecule has 2 aromatic rings. The van der Waals surface area contributed by atoms with Gasteiger partial charge in [0.05, 0.1) is 27.3 Å². The van der Waals surface area contributed by atoms with Crippen molar-refractivity contribution in [3.8, 4) is 0 Å². The third-order valence-electron chi connectivity index (χ3n) is 5.18. The molecule has 1 amide bonds. The zero-order valence-electron chi connectivity index (χ0n) is 13.7. The van der Waals surface area contributed by atoms with Gasteiger partial charge in [-0.3, -0.25) is 4.79 Å². The lowest BCUT2D eigenvalue weighted by Crippen LogP contribution is -2.31. The van der Waals surface area contributed by atoms with Crippen LogP contribution in [-0.4, -0.2) is 13.0 Å². The predicted molar refractivity (Wildman–Crippen MR) is 103 cm³/mol. The summed E-state index contributed by atoms with van der Waals surface area (Å²) in [5.41, 5.74) is 3.68. The number of fused-ring (bicyclic) bond motifs is 3. The summed E-state index contributed by atoms with van der Waals surface area (Å²) in [6.45, 7) is 0. The summed E-state index contributed by atoms with van der Waals surface area (Å²) in [4.78, 5) is 12.3. The molecule has 3 atom stereocenters. The maximum Gasteiger partial charge on any atom is 0.253 e. The van der Waals surface area contributed by atoms with Crippen LogP contribution in [0.3, 0.4) is 0 Å². The number of anilines is 1. The Hall–Kier alpha value is -1.97. The van der Waals surface area contributed by atoms with Crippen molar-refractivity contribution >= 4 is 34.8 Å². The fourth-order valence-corrected chi connectivity index (χ4v) is 4.44. The van der Waals surface area contributed by atoms with E-state index >= 15 is 0 Å². The fraction of sp³-hybridized carbons (Fsp3) is 0.250. The van der Waals surface area contributed by atoms with E-state index in [1.807, 2.05) is 24.3 Å². The molecule has 5 heteroatoms. The molecule has 2 aliphatic rings. The number of carbonyl (C=O) groups excluding carboxylic acids is 1. The quantitative estimate of drug-likeness (QED) is 0.713. The molecule has 0 fully saturated rings. The highest BCUT2D eigenvalue weighted by Gasteiger charge is 2.40. The lowest BCUT2D eigenvalue weighted by atomic mass is 9.76. The fourth-order valence-electron chi connectivity index (χ4n) is 4.01. The van der Waals surface area contributed by atoms with Crippen molar-refractivity contribution in [3.63, 3.8) is 0 Å². The maximum atomic E-state index is 12.3. The first-order valence-corrected chi connectivity index (χ1v) is 9.09. The molecular formula is C20H18Cl2N2O. The van der Waals surface area contributed by atoms with Crippen LogP contribution in [0.2, 0.25) is 10.0 Å². The lowest BCUT2D eigenvalue weighted by molar-refractivity contribution is 0.0963. The van der Waals surface area contributed by atoms with E-state index < -0.39 is 0 Å². The number of benzene rings is 2. The summed E-state index contributed by atoms with van der Waals surface area (Å²) < 4.78 is 0. The van der Waals surface area contributed by atoms with Crippen LogP contribution >= 0.6 is 23.2 Å². The predicted octanol–water partition coefficient (Wildman–Crippen LogP) is 5.18. The van der Waals surface area contributed by atoms with E-state index in [-0.39, 0.29) is 17.9 Å². The molecule has 1 aliphatic carbocycles. The van der Waals surface area contributed by atoms with E-state index in [9.17, 15) is 4.79 Å². The normalized spacial score (nSPS) is 23.6. The van der Waals surface area contributed by atoms with Crippen LogP contribution in [0.1, 0.15) is 39.9 Å². The van der Waals surface area contributed by atoms with Gasteiger partial charge in [-0.25, -0.2) is 0 Å². The summed E-state index contributed by atoms with van der Waals surface area (Å²) in [5.74, 6) is 0.519. The number of amides is 1. The Balaban J connectivity index is 1.86. The monoisotopic (exact) mass is 372 g/mol. The summed E-state index contributed by atoms with van der Waals surface area (Å²) in [5, 5.41) is 7.44. The summed E-state index contributed by atoms with van der Waals surface area (Å²) in [6, 6.07) is 11.6. The standard InChI is InChI=1S/C20H18Cl2N2O/c1-23-20(25)15-9-3-7-13-11-5-2-6-12(11)18(24-19(13)15)14-8-4-10-16(21)17(14)22/h2-5,7-12,18,24H,6H2,1H3,(H,23,25). The molecule has 0 radical (unpaired) electrons. The third kappa shape index (κ3) is 2.62. The van der Waals surface area contributed by atoms with E-state index in [2.05, 4.69) is 28.9 Å². The van der Waals surface area contributed by atoms with Crippen LogP contribution in [0.4, 0.5) is 5.69 Å². The van der Waals surface area contributed by atoms with Crippen molar-refractivity contribution in [1.29, 1.82) is 0 Å². The molecule has 3 nitrogen and oxygen atoms in total. The minimum atomic E-state index is -0.0966. The van der Waals surface area contributed by atoms with Crippen LogP contribution in [0.25, 0.3) is 0 Å². The molecule has 0 saturated carbocycles. The Labute approximate surface area is 157 Å². The number of nitrogens with one attached hydrogen (secondary N) is 2. The van der Waals surface area contributed by atoms with Gasteiger partial charge in [0.25, 0.3) is 5.91 Å². The number of carbonyl (C=O) groups is 1. The first kappa shape index (κ1) is 16.5. The topological polar surface area (TPSA) is 41.1 Å². The molecule has 25 heavy (non-hydrogen) atoms. The van der Waals surface area contributed by atoms with Crippen LogP contribution < -0.4 is 10.6 Å². The van der Waals surface area contributed by atoms with Crippen molar-refractivity contribution in [1.82, 2.24) is 5.32 Å². The molecule has 1 aliphatic heterocycles. The molecule has 0 saturated heterocycles. The van der Waals surface area contributed by atoms with E-state index in [0.717, 1.165) is 23.2 Å². The van der Waals surface area contributed by atoms with Crippen LogP contribution in [0, 0.1) is 5.92 Å². The zero-order valence-corrected chi connectivity index (χ0v) is 15.2. The second-order valence-electron chi connectivity index (χ2n) is 6.47. The SMILES string of the molecule is CNC(=O)c1cccc2c1NC(c1cccc(Cl)c1Cl)C1CC=CC21. The Morgan fingerprint density at radius 3 is 2.72 bits per heavy atom. The average Bonchev–Trinajstić information content (AvgIpc) is 3.12. The van der Waals surface area contributed by atoms with Crippen molar-refractivity contribution in [2.75, 3.05) is 12.4 Å². The number of allylic oxidation sites excluding steroid dienone is 2. The molecule has 1 heterocycles. The Morgan fingerprint density at radius 1 is 1.16 bits per heavy atom. The van der Waals surface area contributed by atoms with Gasteiger partial charge in [0.15, 0.2) is 0 Å². The van der Waals surface area contributed by atoms with Crippen LogP contribution in [0.15, 0.2) is 48.6 Å². The smallest absolute Gasteiger partial charge is 0.253 e. The van der Waals surface area contributed by atoms with Crippen LogP contribution in [0.5, 0.6) is 0 Å². The van der Waals surface area contributed by atoms with Crippen LogP contribution in [-0.2, 0) is 0 Å². The van der Waals surface area contributed by atoms with E-state index in [1.54, 1.807) is 13.1 Å². The van der Waals surface area contributed by atoms with Crippen molar-refractivity contribution in [3.05, 3.63) is 75.3 Å². The number of halogens is 2. The van der Waals surface area contributed by atoms with Crippen molar-refractivity contribution in [2.45, 2.75) is 18.4 Å². The van der Waals surface area contributed by atoms with Gasteiger partial charge in [-0.1, -0.05) is 59.6 Å². The first-order chi connectivity index (χ1) is 12.1. The number of hydrogen-bond acceptors (Lipinski definition) is 2. The average molecular weight is 373 g/mol. The third-order valence-corrected chi connectivity index (χ3v) is 6.02. The second kappa shape index (κ2) is 6.40. The second-order valence-corrected chi connectivity index (χ2v) is 7.25. The molecule has 3 unspecified atom stereocenters. The number of hydrogen-bond donors (Lipinski definition) is 2. The largest absolute Gasteiger partial charge is 0.377 e. The highest BCUT2D eigenvalue weighted by Crippen LogP contribution is 2.52. The summed E-state index contributed by atoms with van der Waals surface area (Å²) in [7, 11) is 1.65. The summed E-state index contributed by atoms with van der Waals surface area (Å²) in [6.07, 6.45) is 5.42. The van der Waals surface area contributed by atoms with Gasteiger partial charge < -0.3 is 10.6 Å². The molecule has 2 N–H and O–H groups in total. The van der Waals surface area contributed by atoms with Gasteiger partial charge in [-0.05, 0) is 35.6 Å². The maximum absolute atomic E-state index is 12.3.